The summed E-state index contributed by atoms with van der Waals surface area (Å²) in [5.74, 6) is 0.194. The van der Waals surface area contributed by atoms with E-state index in [0.29, 0.717) is 28.4 Å². The number of aromatic nitrogens is 2. The third kappa shape index (κ3) is 2.88. The van der Waals surface area contributed by atoms with Crippen LogP contribution in [-0.2, 0) is 4.74 Å². The molecular formula is C15H12ClN3O2S. The number of carbonyl (C=O) groups excluding carboxylic acids is 1. The summed E-state index contributed by atoms with van der Waals surface area (Å²) in [5.41, 5.74) is 1.30. The first-order valence-corrected chi connectivity index (χ1v) is 7.86. The van der Waals surface area contributed by atoms with Crippen molar-refractivity contribution in [2.75, 3.05) is 11.9 Å². The quantitative estimate of drug-likeness (QED) is 0.722. The number of hydrogen-bond acceptors (Lipinski definition) is 6. The lowest BCUT2D eigenvalue weighted by atomic mass is 10.2. The average Bonchev–Trinajstić information content (AvgIpc) is 2.95. The number of hydrogen-bond donors (Lipinski definition) is 1. The molecule has 3 rings (SSSR count). The highest BCUT2D eigenvalue weighted by Crippen LogP contribution is 2.31. The number of nitrogens with zero attached hydrogens (tertiary/aromatic N) is 2. The number of thiophene rings is 1. The lowest BCUT2D eigenvalue weighted by Gasteiger charge is -2.08. The fourth-order valence-corrected chi connectivity index (χ4v) is 3.00. The maximum atomic E-state index is 12.1. The van der Waals surface area contributed by atoms with Crippen molar-refractivity contribution in [3.8, 4) is 0 Å². The van der Waals surface area contributed by atoms with E-state index in [2.05, 4.69) is 15.3 Å². The molecule has 0 saturated carbocycles. The second-order valence-electron chi connectivity index (χ2n) is 4.40. The number of nitrogens with one attached hydrogen (secondary N) is 1. The molecule has 22 heavy (non-hydrogen) atoms. The van der Waals surface area contributed by atoms with Crippen LogP contribution >= 0.6 is 22.9 Å². The van der Waals surface area contributed by atoms with Crippen molar-refractivity contribution < 1.29 is 9.53 Å². The summed E-state index contributed by atoms with van der Waals surface area (Å²) in [6.07, 6.45) is 1.46. The van der Waals surface area contributed by atoms with E-state index in [-0.39, 0.29) is 5.97 Å². The van der Waals surface area contributed by atoms with Gasteiger partial charge in [-0.15, -0.1) is 11.3 Å². The predicted octanol–water partition coefficient (Wildman–Crippen LogP) is 4.27. The lowest BCUT2D eigenvalue weighted by molar-refractivity contribution is 0.0529. The number of benzene rings is 1. The Hall–Kier alpha value is -2.18. The number of esters is 1. The molecule has 0 aliphatic carbocycles. The topological polar surface area (TPSA) is 64.1 Å². The van der Waals surface area contributed by atoms with Gasteiger partial charge in [-0.1, -0.05) is 11.6 Å². The number of halogens is 1. The molecule has 0 bridgehead atoms. The summed E-state index contributed by atoms with van der Waals surface area (Å²) in [6, 6.07) is 7.24. The van der Waals surface area contributed by atoms with E-state index in [1.807, 2.05) is 12.1 Å². The van der Waals surface area contributed by atoms with Gasteiger partial charge in [0.15, 0.2) is 0 Å². The largest absolute Gasteiger partial charge is 0.462 e. The van der Waals surface area contributed by atoms with Crippen molar-refractivity contribution in [1.82, 2.24) is 9.97 Å². The highest BCUT2D eigenvalue weighted by molar-refractivity contribution is 7.17. The van der Waals surface area contributed by atoms with Crippen molar-refractivity contribution in [3.05, 3.63) is 46.6 Å². The molecule has 0 atom stereocenters. The second-order valence-corrected chi connectivity index (χ2v) is 5.70. The molecule has 3 aromatic rings. The van der Waals surface area contributed by atoms with E-state index < -0.39 is 0 Å². The first-order valence-electron chi connectivity index (χ1n) is 6.61. The van der Waals surface area contributed by atoms with Gasteiger partial charge in [0, 0.05) is 16.1 Å². The molecule has 0 aliphatic heterocycles. The third-order valence-corrected chi connectivity index (χ3v) is 4.11. The zero-order valence-electron chi connectivity index (χ0n) is 11.7. The normalized spacial score (nSPS) is 10.6. The molecule has 0 radical (unpaired) electrons. The summed E-state index contributed by atoms with van der Waals surface area (Å²) in [5, 5.41) is 6.25. The molecule has 0 amide bonds. The van der Waals surface area contributed by atoms with Gasteiger partial charge < -0.3 is 10.1 Å². The van der Waals surface area contributed by atoms with Crippen molar-refractivity contribution in [2.24, 2.45) is 0 Å². The molecule has 0 aliphatic rings. The zero-order valence-corrected chi connectivity index (χ0v) is 13.2. The highest BCUT2D eigenvalue weighted by atomic mass is 35.5. The molecular weight excluding hydrogens is 322 g/mol. The van der Waals surface area contributed by atoms with Crippen molar-refractivity contribution in [3.63, 3.8) is 0 Å². The van der Waals surface area contributed by atoms with Crippen LogP contribution < -0.4 is 5.32 Å². The van der Waals surface area contributed by atoms with Crippen molar-refractivity contribution in [2.45, 2.75) is 6.92 Å². The molecule has 112 valence electrons. The fourth-order valence-electron chi connectivity index (χ4n) is 2.00. The van der Waals surface area contributed by atoms with Gasteiger partial charge in [0.1, 0.15) is 17.0 Å². The van der Waals surface area contributed by atoms with Crippen LogP contribution in [0, 0.1) is 0 Å². The van der Waals surface area contributed by atoms with Gasteiger partial charge in [-0.2, -0.15) is 0 Å². The molecule has 1 aromatic carbocycles. The van der Waals surface area contributed by atoms with E-state index >= 15 is 0 Å². The van der Waals surface area contributed by atoms with Crippen LogP contribution in [0.4, 0.5) is 11.5 Å². The molecule has 5 nitrogen and oxygen atoms in total. The summed E-state index contributed by atoms with van der Waals surface area (Å²) in [7, 11) is 0. The smallest absolute Gasteiger partial charge is 0.339 e. The zero-order chi connectivity index (χ0) is 15.5. The van der Waals surface area contributed by atoms with Crippen LogP contribution in [0.2, 0.25) is 5.02 Å². The SMILES string of the molecule is CCOC(=O)c1csc2ncnc(Nc3ccc(Cl)cc3)c12. The van der Waals surface area contributed by atoms with Gasteiger partial charge in [-0.05, 0) is 31.2 Å². The maximum absolute atomic E-state index is 12.1. The number of carbonyl (C=O) groups is 1. The van der Waals surface area contributed by atoms with Crippen LogP contribution in [0.25, 0.3) is 10.2 Å². The van der Waals surface area contributed by atoms with Gasteiger partial charge in [0.25, 0.3) is 0 Å². The second kappa shape index (κ2) is 6.29. The van der Waals surface area contributed by atoms with Crippen LogP contribution in [0.1, 0.15) is 17.3 Å². The molecule has 7 heteroatoms. The molecule has 0 spiro atoms. The minimum absolute atomic E-state index is 0.323. The molecule has 0 saturated heterocycles. The van der Waals surface area contributed by atoms with E-state index in [9.17, 15) is 4.79 Å². The first-order chi connectivity index (χ1) is 10.7. The molecule has 0 unspecified atom stereocenters. The highest BCUT2D eigenvalue weighted by Gasteiger charge is 2.18. The van der Waals surface area contributed by atoms with Crippen molar-refractivity contribution >= 4 is 50.6 Å². The number of ether oxygens (including phenoxy) is 1. The van der Waals surface area contributed by atoms with Gasteiger partial charge in [0.05, 0.1) is 17.6 Å². The number of rotatable bonds is 4. The summed E-state index contributed by atoms with van der Waals surface area (Å²) in [4.78, 5) is 21.2. The molecule has 1 N–H and O–H groups in total. The summed E-state index contributed by atoms with van der Waals surface area (Å²) in [6.45, 7) is 2.10. The number of fused-ring (bicyclic) bond motifs is 1. The lowest BCUT2D eigenvalue weighted by Crippen LogP contribution is -2.05. The third-order valence-electron chi connectivity index (χ3n) is 2.97. The first kappa shape index (κ1) is 14.7. The Kier molecular flexibility index (Phi) is 4.22. The Bertz CT molecular complexity index is 817. The Morgan fingerprint density at radius 3 is 2.82 bits per heavy atom. The monoisotopic (exact) mass is 333 g/mol. The van der Waals surface area contributed by atoms with Gasteiger partial charge in [-0.3, -0.25) is 0 Å². The predicted molar refractivity (Wildman–Crippen MR) is 88.1 cm³/mol. The van der Waals surface area contributed by atoms with Crippen molar-refractivity contribution in [1.29, 1.82) is 0 Å². The van der Waals surface area contributed by atoms with Crippen LogP contribution in [-0.4, -0.2) is 22.5 Å². The van der Waals surface area contributed by atoms with Crippen LogP contribution in [0.3, 0.4) is 0 Å². The maximum Gasteiger partial charge on any atom is 0.339 e. The summed E-state index contributed by atoms with van der Waals surface area (Å²) < 4.78 is 5.08. The minimum Gasteiger partial charge on any atom is -0.462 e. The Morgan fingerprint density at radius 2 is 2.09 bits per heavy atom. The van der Waals surface area contributed by atoms with E-state index in [1.54, 1.807) is 24.4 Å². The van der Waals surface area contributed by atoms with E-state index in [0.717, 1.165) is 10.5 Å². The molecule has 2 aromatic heterocycles. The fraction of sp³-hybridized carbons (Fsp3) is 0.133. The molecule has 2 heterocycles. The van der Waals surface area contributed by atoms with Gasteiger partial charge in [-0.25, -0.2) is 14.8 Å². The van der Waals surface area contributed by atoms with Gasteiger partial charge >= 0.3 is 5.97 Å². The van der Waals surface area contributed by atoms with Crippen LogP contribution in [0.5, 0.6) is 0 Å². The Balaban J connectivity index is 2.03. The Morgan fingerprint density at radius 1 is 1.32 bits per heavy atom. The Labute approximate surface area is 135 Å². The van der Waals surface area contributed by atoms with E-state index in [4.69, 9.17) is 16.3 Å². The van der Waals surface area contributed by atoms with Gasteiger partial charge in [0.2, 0.25) is 0 Å². The molecule has 0 fully saturated rings. The number of anilines is 2. The average molecular weight is 334 g/mol. The summed E-state index contributed by atoms with van der Waals surface area (Å²) >= 11 is 7.26. The minimum atomic E-state index is -0.372. The standard InChI is InChI=1S/C15H12ClN3O2S/c1-2-21-15(20)11-7-22-14-12(11)13(17-8-18-14)19-10-5-3-9(16)4-6-10/h3-8H,2H2,1H3,(H,17,18,19). The van der Waals surface area contributed by atoms with Crippen LogP contribution in [0.15, 0.2) is 36.0 Å². The van der Waals surface area contributed by atoms with E-state index in [1.165, 1.54) is 17.7 Å².